The zero-order valence-corrected chi connectivity index (χ0v) is 11.6. The van der Waals surface area contributed by atoms with Crippen LogP contribution in [0.25, 0.3) is 0 Å². The van der Waals surface area contributed by atoms with Gasteiger partial charge in [0, 0.05) is 18.0 Å². The van der Waals surface area contributed by atoms with Crippen molar-refractivity contribution in [2.45, 2.75) is 26.4 Å². The summed E-state index contributed by atoms with van der Waals surface area (Å²) in [5.41, 5.74) is 0.862. The van der Waals surface area contributed by atoms with Crippen LogP contribution in [0.1, 0.15) is 24.2 Å². The minimum Gasteiger partial charge on any atom is -0.338 e. The summed E-state index contributed by atoms with van der Waals surface area (Å²) in [6, 6.07) is 4.39. The minimum absolute atomic E-state index is 0.333. The largest absolute Gasteiger partial charge is 0.338 e. The summed E-state index contributed by atoms with van der Waals surface area (Å²) in [5.74, 6) is 0.932. The van der Waals surface area contributed by atoms with Crippen molar-refractivity contribution in [2.24, 2.45) is 0 Å². The van der Waals surface area contributed by atoms with Gasteiger partial charge in [-0.3, -0.25) is 4.90 Å². The molecule has 0 atom stereocenters. The first-order chi connectivity index (χ1) is 9.08. The van der Waals surface area contributed by atoms with Gasteiger partial charge in [0.2, 0.25) is 5.89 Å². The third-order valence-electron chi connectivity index (χ3n) is 2.69. The SMILES string of the molecule is CCc1noc(CN(C)Cc2ccc(F)cc2Cl)n1. The van der Waals surface area contributed by atoms with E-state index in [2.05, 4.69) is 10.1 Å². The third kappa shape index (κ3) is 3.75. The predicted molar refractivity (Wildman–Crippen MR) is 70.3 cm³/mol. The fraction of sp³-hybridized carbons (Fsp3) is 0.385. The average molecular weight is 284 g/mol. The molecule has 0 N–H and O–H groups in total. The van der Waals surface area contributed by atoms with Crippen LogP contribution in [0.3, 0.4) is 0 Å². The van der Waals surface area contributed by atoms with Gasteiger partial charge in [0.25, 0.3) is 0 Å². The zero-order valence-electron chi connectivity index (χ0n) is 10.9. The highest BCUT2D eigenvalue weighted by Gasteiger charge is 2.10. The van der Waals surface area contributed by atoms with Crippen LogP contribution in [0.15, 0.2) is 22.7 Å². The predicted octanol–water partition coefficient (Wildman–Crippen LogP) is 3.06. The van der Waals surface area contributed by atoms with E-state index in [4.69, 9.17) is 16.1 Å². The molecule has 0 radical (unpaired) electrons. The molecule has 0 aliphatic carbocycles. The van der Waals surface area contributed by atoms with Crippen molar-refractivity contribution >= 4 is 11.6 Å². The second-order valence-corrected chi connectivity index (χ2v) is 4.77. The Bertz CT molecular complexity index is 559. The molecule has 6 heteroatoms. The van der Waals surface area contributed by atoms with Crippen molar-refractivity contribution in [2.75, 3.05) is 7.05 Å². The van der Waals surface area contributed by atoms with Gasteiger partial charge in [-0.15, -0.1) is 0 Å². The number of aromatic nitrogens is 2. The smallest absolute Gasteiger partial charge is 0.240 e. The second kappa shape index (κ2) is 6.12. The molecule has 19 heavy (non-hydrogen) atoms. The van der Waals surface area contributed by atoms with Crippen molar-refractivity contribution in [3.8, 4) is 0 Å². The molecule has 2 rings (SSSR count). The van der Waals surface area contributed by atoms with E-state index in [1.165, 1.54) is 12.1 Å². The van der Waals surface area contributed by atoms with Gasteiger partial charge in [-0.25, -0.2) is 4.39 Å². The summed E-state index contributed by atoms with van der Waals surface area (Å²) in [4.78, 5) is 6.21. The standard InChI is InChI=1S/C13H15ClFN3O/c1-3-12-16-13(19-17-12)8-18(2)7-9-4-5-10(15)6-11(9)14/h4-6H,3,7-8H2,1-2H3. The molecule has 0 spiro atoms. The summed E-state index contributed by atoms with van der Waals surface area (Å²) in [6.07, 6.45) is 0.747. The van der Waals surface area contributed by atoms with Crippen LogP contribution >= 0.6 is 11.6 Å². The van der Waals surface area contributed by atoms with Crippen molar-refractivity contribution in [3.63, 3.8) is 0 Å². The van der Waals surface area contributed by atoms with E-state index >= 15 is 0 Å². The molecule has 4 nitrogen and oxygen atoms in total. The molecule has 0 saturated heterocycles. The molecule has 0 amide bonds. The van der Waals surface area contributed by atoms with Crippen LogP contribution in [-0.4, -0.2) is 22.1 Å². The van der Waals surface area contributed by atoms with Crippen LogP contribution in [0.5, 0.6) is 0 Å². The normalized spacial score (nSPS) is 11.2. The highest BCUT2D eigenvalue weighted by atomic mass is 35.5. The fourth-order valence-corrected chi connectivity index (χ4v) is 1.95. The summed E-state index contributed by atoms with van der Waals surface area (Å²) in [7, 11) is 1.91. The summed E-state index contributed by atoms with van der Waals surface area (Å²) < 4.78 is 18.1. The van der Waals surface area contributed by atoms with Crippen LogP contribution in [-0.2, 0) is 19.5 Å². The van der Waals surface area contributed by atoms with Crippen LogP contribution in [0.4, 0.5) is 4.39 Å². The lowest BCUT2D eigenvalue weighted by Crippen LogP contribution is -2.17. The Kier molecular flexibility index (Phi) is 4.50. The first-order valence-electron chi connectivity index (χ1n) is 6.02. The molecular weight excluding hydrogens is 269 g/mol. The van der Waals surface area contributed by atoms with Crippen LogP contribution < -0.4 is 0 Å². The van der Waals surface area contributed by atoms with E-state index in [1.807, 2.05) is 18.9 Å². The highest BCUT2D eigenvalue weighted by Crippen LogP contribution is 2.19. The first kappa shape index (κ1) is 14.0. The Labute approximate surface area is 116 Å². The van der Waals surface area contributed by atoms with Gasteiger partial charge in [-0.1, -0.05) is 29.7 Å². The maximum absolute atomic E-state index is 12.9. The van der Waals surface area contributed by atoms with Crippen molar-refractivity contribution in [3.05, 3.63) is 46.3 Å². The van der Waals surface area contributed by atoms with E-state index in [1.54, 1.807) is 6.07 Å². The van der Waals surface area contributed by atoms with Crippen LogP contribution in [0, 0.1) is 5.82 Å². The molecule has 2 aromatic rings. The van der Waals surface area contributed by atoms with Gasteiger partial charge in [-0.05, 0) is 24.7 Å². The molecule has 0 fully saturated rings. The van der Waals surface area contributed by atoms with Gasteiger partial charge < -0.3 is 4.52 Å². The molecule has 102 valence electrons. The van der Waals surface area contributed by atoms with E-state index < -0.39 is 0 Å². The van der Waals surface area contributed by atoms with E-state index in [0.717, 1.165) is 12.0 Å². The van der Waals surface area contributed by atoms with Crippen molar-refractivity contribution in [1.82, 2.24) is 15.0 Å². The number of benzene rings is 1. The zero-order chi connectivity index (χ0) is 13.8. The Morgan fingerprint density at radius 1 is 1.37 bits per heavy atom. The number of hydrogen-bond acceptors (Lipinski definition) is 4. The molecule has 0 aliphatic rings. The Balaban J connectivity index is 1.98. The number of nitrogens with zero attached hydrogens (tertiary/aromatic N) is 3. The quantitative estimate of drug-likeness (QED) is 0.846. The van der Waals surface area contributed by atoms with E-state index in [0.29, 0.717) is 29.8 Å². The average Bonchev–Trinajstić information content (AvgIpc) is 2.80. The molecule has 0 unspecified atom stereocenters. The van der Waals surface area contributed by atoms with Gasteiger partial charge in [0.05, 0.1) is 6.54 Å². The lowest BCUT2D eigenvalue weighted by molar-refractivity contribution is 0.260. The van der Waals surface area contributed by atoms with Crippen LogP contribution in [0.2, 0.25) is 5.02 Å². The second-order valence-electron chi connectivity index (χ2n) is 4.37. The Morgan fingerprint density at radius 3 is 2.79 bits per heavy atom. The number of rotatable bonds is 5. The van der Waals surface area contributed by atoms with Gasteiger partial charge in [0.15, 0.2) is 5.82 Å². The van der Waals surface area contributed by atoms with Gasteiger partial charge in [-0.2, -0.15) is 4.98 Å². The highest BCUT2D eigenvalue weighted by molar-refractivity contribution is 6.31. The molecule has 0 aliphatic heterocycles. The molecule has 1 heterocycles. The molecule has 1 aromatic heterocycles. The maximum atomic E-state index is 12.9. The summed E-state index contributed by atoms with van der Waals surface area (Å²) in [6.45, 7) is 3.08. The monoisotopic (exact) mass is 283 g/mol. The first-order valence-corrected chi connectivity index (χ1v) is 6.40. The van der Waals surface area contributed by atoms with Crippen molar-refractivity contribution in [1.29, 1.82) is 0 Å². The van der Waals surface area contributed by atoms with E-state index in [-0.39, 0.29) is 5.82 Å². The molecular formula is C13H15ClFN3O. The van der Waals surface area contributed by atoms with Crippen molar-refractivity contribution < 1.29 is 8.91 Å². The fourth-order valence-electron chi connectivity index (χ4n) is 1.73. The maximum Gasteiger partial charge on any atom is 0.240 e. The lowest BCUT2D eigenvalue weighted by atomic mass is 10.2. The molecule has 0 bridgehead atoms. The minimum atomic E-state index is -0.333. The Morgan fingerprint density at radius 2 is 2.16 bits per heavy atom. The third-order valence-corrected chi connectivity index (χ3v) is 3.04. The summed E-state index contributed by atoms with van der Waals surface area (Å²) >= 11 is 5.99. The van der Waals surface area contributed by atoms with E-state index in [9.17, 15) is 4.39 Å². The van der Waals surface area contributed by atoms with Gasteiger partial charge in [0.1, 0.15) is 5.82 Å². The number of aryl methyl sites for hydroxylation is 1. The topological polar surface area (TPSA) is 42.2 Å². The lowest BCUT2D eigenvalue weighted by Gasteiger charge is -2.15. The molecule has 0 saturated carbocycles. The number of halogens is 2. The Hall–Kier alpha value is -1.46. The summed E-state index contributed by atoms with van der Waals surface area (Å²) in [5, 5.41) is 4.26. The van der Waals surface area contributed by atoms with Gasteiger partial charge >= 0.3 is 0 Å². The molecule has 1 aromatic carbocycles. The number of hydrogen-bond donors (Lipinski definition) is 0.